The molecular weight excluding hydrogens is 246 g/mol. The monoisotopic (exact) mass is 265 g/mol. The summed E-state index contributed by atoms with van der Waals surface area (Å²) in [5.41, 5.74) is 0.912. The predicted molar refractivity (Wildman–Crippen MR) is 71.0 cm³/mol. The first kappa shape index (κ1) is 15.0. The van der Waals surface area contributed by atoms with E-state index in [9.17, 15) is 9.59 Å². The molecule has 0 saturated carbocycles. The molecule has 5 heteroatoms. The lowest BCUT2D eigenvalue weighted by atomic mass is 10.2. The summed E-state index contributed by atoms with van der Waals surface area (Å²) in [6.45, 7) is 2.09. The first-order chi connectivity index (χ1) is 9.02. The maximum absolute atomic E-state index is 11.7. The van der Waals surface area contributed by atoms with Gasteiger partial charge < -0.3 is 14.7 Å². The summed E-state index contributed by atoms with van der Waals surface area (Å²) in [6.07, 6.45) is 1.36. The summed E-state index contributed by atoms with van der Waals surface area (Å²) in [5, 5.41) is 8.54. The Morgan fingerprint density at radius 3 is 2.74 bits per heavy atom. The summed E-state index contributed by atoms with van der Waals surface area (Å²) in [4.78, 5) is 23.7. The lowest BCUT2D eigenvalue weighted by molar-refractivity contribution is -0.139. The van der Waals surface area contributed by atoms with Crippen LogP contribution < -0.4 is 4.74 Å². The zero-order valence-corrected chi connectivity index (χ0v) is 11.3. The van der Waals surface area contributed by atoms with Crippen LogP contribution in [0.4, 0.5) is 0 Å². The summed E-state index contributed by atoms with van der Waals surface area (Å²) < 4.78 is 5.09. The van der Waals surface area contributed by atoms with Crippen molar-refractivity contribution in [2.24, 2.45) is 0 Å². The van der Waals surface area contributed by atoms with Gasteiger partial charge in [-0.15, -0.1) is 0 Å². The quantitative estimate of drug-likeness (QED) is 0.817. The van der Waals surface area contributed by atoms with Crippen molar-refractivity contribution in [2.45, 2.75) is 26.3 Å². The number of nitrogens with zero attached hydrogens (tertiary/aromatic N) is 1. The van der Waals surface area contributed by atoms with Crippen molar-refractivity contribution < 1.29 is 19.4 Å². The van der Waals surface area contributed by atoms with Gasteiger partial charge in [0, 0.05) is 20.0 Å². The summed E-state index contributed by atoms with van der Waals surface area (Å²) in [7, 11) is 1.75. The lowest BCUT2D eigenvalue weighted by Crippen LogP contribution is -2.25. The van der Waals surface area contributed by atoms with E-state index in [0.29, 0.717) is 18.7 Å². The fourth-order valence-electron chi connectivity index (χ4n) is 1.65. The molecule has 0 saturated heterocycles. The summed E-state index contributed by atoms with van der Waals surface area (Å²) in [5.74, 6) is -0.420. The second kappa shape index (κ2) is 7.41. The topological polar surface area (TPSA) is 66.8 Å². The van der Waals surface area contributed by atoms with Crippen LogP contribution in [-0.4, -0.2) is 35.5 Å². The molecule has 0 heterocycles. The number of carbonyl (C=O) groups excluding carboxylic acids is 1. The van der Waals surface area contributed by atoms with Crippen LogP contribution in [0.5, 0.6) is 5.75 Å². The molecule has 0 spiro atoms. The second-order valence-electron chi connectivity index (χ2n) is 4.33. The number of aliphatic carboxylic acids is 1. The van der Waals surface area contributed by atoms with Crippen LogP contribution in [0.2, 0.25) is 0 Å². The van der Waals surface area contributed by atoms with Crippen LogP contribution >= 0.6 is 0 Å². The van der Waals surface area contributed by atoms with Gasteiger partial charge in [0.2, 0.25) is 5.91 Å². The zero-order valence-electron chi connectivity index (χ0n) is 11.3. The van der Waals surface area contributed by atoms with Crippen molar-refractivity contribution in [2.75, 3.05) is 13.7 Å². The molecule has 5 nitrogen and oxygen atoms in total. The molecule has 19 heavy (non-hydrogen) atoms. The molecule has 104 valence electrons. The van der Waals surface area contributed by atoms with E-state index in [-0.39, 0.29) is 12.5 Å². The van der Waals surface area contributed by atoms with Gasteiger partial charge in [0.1, 0.15) is 5.75 Å². The Morgan fingerprint density at radius 2 is 2.11 bits per heavy atom. The molecule has 0 radical (unpaired) electrons. The largest absolute Gasteiger partial charge is 0.482 e. The van der Waals surface area contributed by atoms with Crippen LogP contribution in [0.25, 0.3) is 0 Å². The summed E-state index contributed by atoms with van der Waals surface area (Å²) in [6, 6.07) is 7.10. The molecule has 0 fully saturated rings. The van der Waals surface area contributed by atoms with Gasteiger partial charge >= 0.3 is 5.97 Å². The standard InChI is InChI=1S/C14H19NO4/c1-3-5-13(16)15(2)9-11-6-4-7-12(8-11)19-10-14(17)18/h4,6-8H,3,5,9-10H2,1-2H3,(H,17,18). The van der Waals surface area contributed by atoms with E-state index in [2.05, 4.69) is 0 Å². The zero-order chi connectivity index (χ0) is 14.3. The molecule has 1 N–H and O–H groups in total. The van der Waals surface area contributed by atoms with Crippen molar-refractivity contribution in [1.29, 1.82) is 0 Å². The molecule has 1 aromatic carbocycles. The number of rotatable bonds is 7. The van der Waals surface area contributed by atoms with E-state index in [4.69, 9.17) is 9.84 Å². The Balaban J connectivity index is 2.61. The maximum Gasteiger partial charge on any atom is 0.341 e. The number of amides is 1. The van der Waals surface area contributed by atoms with Crippen molar-refractivity contribution in [3.63, 3.8) is 0 Å². The van der Waals surface area contributed by atoms with Gasteiger partial charge in [-0.25, -0.2) is 4.79 Å². The molecule has 0 aromatic heterocycles. The third-order valence-corrected chi connectivity index (χ3v) is 2.57. The molecule has 0 aliphatic heterocycles. The van der Waals surface area contributed by atoms with E-state index >= 15 is 0 Å². The predicted octanol–water partition coefficient (Wildman–Crippen LogP) is 1.91. The van der Waals surface area contributed by atoms with Gasteiger partial charge in [0.25, 0.3) is 0 Å². The molecule has 1 aromatic rings. The second-order valence-corrected chi connectivity index (χ2v) is 4.33. The minimum absolute atomic E-state index is 0.0966. The minimum atomic E-state index is -1.01. The molecule has 1 amide bonds. The molecule has 0 aliphatic rings. The van der Waals surface area contributed by atoms with Gasteiger partial charge in [-0.05, 0) is 24.1 Å². The number of hydrogen-bond donors (Lipinski definition) is 1. The van der Waals surface area contributed by atoms with E-state index in [1.807, 2.05) is 13.0 Å². The molecule has 0 atom stereocenters. The van der Waals surface area contributed by atoms with Crippen LogP contribution in [0.3, 0.4) is 0 Å². The number of carbonyl (C=O) groups is 2. The average Bonchev–Trinajstić information content (AvgIpc) is 2.37. The summed E-state index contributed by atoms with van der Waals surface area (Å²) >= 11 is 0. The molecular formula is C14H19NO4. The van der Waals surface area contributed by atoms with E-state index < -0.39 is 5.97 Å². The number of benzene rings is 1. The van der Waals surface area contributed by atoms with Gasteiger partial charge in [-0.2, -0.15) is 0 Å². The Hall–Kier alpha value is -2.04. The fraction of sp³-hybridized carbons (Fsp3) is 0.429. The molecule has 0 bridgehead atoms. The van der Waals surface area contributed by atoms with E-state index in [1.54, 1.807) is 30.1 Å². The molecule has 1 rings (SSSR count). The first-order valence-electron chi connectivity index (χ1n) is 6.20. The minimum Gasteiger partial charge on any atom is -0.482 e. The fourth-order valence-corrected chi connectivity index (χ4v) is 1.65. The maximum atomic E-state index is 11.7. The highest BCUT2D eigenvalue weighted by molar-refractivity contribution is 5.75. The Morgan fingerprint density at radius 1 is 1.37 bits per heavy atom. The first-order valence-corrected chi connectivity index (χ1v) is 6.20. The van der Waals surface area contributed by atoms with Crippen molar-refractivity contribution in [3.8, 4) is 5.75 Å². The number of hydrogen-bond acceptors (Lipinski definition) is 3. The SMILES string of the molecule is CCCC(=O)N(C)Cc1cccc(OCC(=O)O)c1. The van der Waals surface area contributed by atoms with Gasteiger partial charge in [-0.1, -0.05) is 19.1 Å². The van der Waals surface area contributed by atoms with Crippen LogP contribution in [0.1, 0.15) is 25.3 Å². The van der Waals surface area contributed by atoms with Crippen molar-refractivity contribution in [1.82, 2.24) is 4.90 Å². The third kappa shape index (κ3) is 5.42. The van der Waals surface area contributed by atoms with Crippen LogP contribution in [-0.2, 0) is 16.1 Å². The van der Waals surface area contributed by atoms with Crippen LogP contribution in [0.15, 0.2) is 24.3 Å². The average molecular weight is 265 g/mol. The highest BCUT2D eigenvalue weighted by Gasteiger charge is 2.08. The highest BCUT2D eigenvalue weighted by Crippen LogP contribution is 2.15. The van der Waals surface area contributed by atoms with E-state index in [0.717, 1.165) is 12.0 Å². The normalized spacial score (nSPS) is 10.0. The Labute approximate surface area is 112 Å². The van der Waals surface area contributed by atoms with Gasteiger partial charge in [0.05, 0.1) is 0 Å². The highest BCUT2D eigenvalue weighted by atomic mass is 16.5. The Kier molecular flexibility index (Phi) is 5.85. The number of carboxylic acids is 1. The lowest BCUT2D eigenvalue weighted by Gasteiger charge is -2.17. The van der Waals surface area contributed by atoms with Gasteiger partial charge in [0.15, 0.2) is 6.61 Å². The van der Waals surface area contributed by atoms with Crippen molar-refractivity contribution >= 4 is 11.9 Å². The Bertz CT molecular complexity index is 445. The van der Waals surface area contributed by atoms with Crippen molar-refractivity contribution in [3.05, 3.63) is 29.8 Å². The molecule has 0 aliphatic carbocycles. The number of carboxylic acid groups (broad SMARTS) is 1. The third-order valence-electron chi connectivity index (χ3n) is 2.57. The smallest absolute Gasteiger partial charge is 0.341 e. The van der Waals surface area contributed by atoms with E-state index in [1.165, 1.54) is 0 Å². The number of ether oxygens (including phenoxy) is 1. The van der Waals surface area contributed by atoms with Crippen LogP contribution in [0, 0.1) is 0 Å². The van der Waals surface area contributed by atoms with Gasteiger partial charge in [-0.3, -0.25) is 4.79 Å². The molecule has 0 unspecified atom stereocenters.